The summed E-state index contributed by atoms with van der Waals surface area (Å²) in [5.41, 5.74) is 2.11. The molecule has 1 aliphatic rings. The van der Waals surface area contributed by atoms with Gasteiger partial charge in [-0.25, -0.2) is 0 Å². The summed E-state index contributed by atoms with van der Waals surface area (Å²) in [7, 11) is 4.07. The van der Waals surface area contributed by atoms with E-state index in [4.69, 9.17) is 0 Å². The van der Waals surface area contributed by atoms with Gasteiger partial charge in [-0.05, 0) is 31.8 Å². The molecule has 0 saturated carbocycles. The maximum absolute atomic E-state index is 11.4. The summed E-state index contributed by atoms with van der Waals surface area (Å²) >= 11 is 5.96. The van der Waals surface area contributed by atoms with E-state index in [1.165, 1.54) is 5.56 Å². The van der Waals surface area contributed by atoms with E-state index in [9.17, 15) is 4.79 Å². The number of hydrogen-bond donors (Lipinski definition) is 2. The lowest BCUT2D eigenvalue weighted by Crippen LogP contribution is -2.23. The number of thioether (sulfide) groups is 1. The van der Waals surface area contributed by atoms with Crippen molar-refractivity contribution in [3.63, 3.8) is 0 Å². The van der Waals surface area contributed by atoms with Crippen LogP contribution in [0.25, 0.3) is 0 Å². The Hall–Kier alpha value is -0.650. The van der Waals surface area contributed by atoms with Crippen LogP contribution in [-0.2, 0) is 4.79 Å². The van der Waals surface area contributed by atoms with Crippen molar-refractivity contribution in [1.29, 1.82) is 0 Å². The predicted octanol–water partition coefficient (Wildman–Crippen LogP) is 2.26. The molecule has 1 aromatic carbocycles. The van der Waals surface area contributed by atoms with Crippen molar-refractivity contribution in [2.75, 3.05) is 30.9 Å². The van der Waals surface area contributed by atoms with E-state index in [-0.39, 0.29) is 11.9 Å². The Morgan fingerprint density at radius 2 is 2.29 bits per heavy atom. The molecule has 1 N–H and O–H groups in total. The molecule has 1 aromatic rings. The average Bonchev–Trinajstić information content (AvgIpc) is 2.29. The first-order chi connectivity index (χ1) is 8.11. The van der Waals surface area contributed by atoms with Crippen LogP contribution in [0.15, 0.2) is 23.1 Å². The van der Waals surface area contributed by atoms with Crippen molar-refractivity contribution >= 4 is 36.0 Å². The molecule has 1 heterocycles. The zero-order valence-electron chi connectivity index (χ0n) is 9.93. The first-order valence-electron chi connectivity index (χ1n) is 5.45. The highest BCUT2D eigenvalue weighted by Gasteiger charge is 2.18. The van der Waals surface area contributed by atoms with Crippen LogP contribution in [0, 0.1) is 0 Å². The zero-order valence-corrected chi connectivity index (χ0v) is 11.6. The van der Waals surface area contributed by atoms with Crippen LogP contribution in [0.5, 0.6) is 0 Å². The van der Waals surface area contributed by atoms with E-state index in [2.05, 4.69) is 41.0 Å². The number of carbonyl (C=O) groups is 1. The van der Waals surface area contributed by atoms with E-state index in [0.717, 1.165) is 16.3 Å². The topological polar surface area (TPSA) is 32.3 Å². The fourth-order valence-corrected chi connectivity index (χ4v) is 3.20. The highest BCUT2D eigenvalue weighted by Crippen LogP contribution is 2.34. The van der Waals surface area contributed by atoms with Gasteiger partial charge >= 0.3 is 0 Å². The molecular weight excluding hydrogens is 252 g/mol. The lowest BCUT2D eigenvalue weighted by Gasteiger charge is -2.25. The van der Waals surface area contributed by atoms with E-state index in [1.807, 2.05) is 14.1 Å². The predicted molar refractivity (Wildman–Crippen MR) is 76.1 cm³/mol. The summed E-state index contributed by atoms with van der Waals surface area (Å²) in [5, 5.41) is 2.91. The van der Waals surface area contributed by atoms with Crippen molar-refractivity contribution in [1.82, 2.24) is 4.90 Å². The summed E-state index contributed by atoms with van der Waals surface area (Å²) in [5.74, 6) is 1.34. The van der Waals surface area contributed by atoms with Gasteiger partial charge in [0, 0.05) is 16.7 Å². The molecule has 0 bridgehead atoms. The lowest BCUT2D eigenvalue weighted by atomic mass is 10.1. The van der Waals surface area contributed by atoms with Gasteiger partial charge in [0.15, 0.2) is 0 Å². The fourth-order valence-electron chi connectivity index (χ4n) is 1.87. The van der Waals surface area contributed by atoms with Gasteiger partial charge < -0.3 is 10.2 Å². The van der Waals surface area contributed by atoms with Crippen molar-refractivity contribution in [2.45, 2.75) is 10.9 Å². The lowest BCUT2D eigenvalue weighted by molar-refractivity contribution is -0.113. The summed E-state index contributed by atoms with van der Waals surface area (Å²) < 4.78 is 0. The van der Waals surface area contributed by atoms with Crippen LogP contribution in [-0.4, -0.2) is 36.4 Å². The van der Waals surface area contributed by atoms with Gasteiger partial charge in [0.25, 0.3) is 0 Å². The van der Waals surface area contributed by atoms with Gasteiger partial charge in [0.05, 0.1) is 11.4 Å². The standard InChI is InChI=1S/C12H16N2OS2/c1-14(2)10(6-16)8-3-4-11-9(5-8)13-12(15)7-17-11/h3-5,10,16H,6-7H2,1-2H3,(H,13,15). The van der Waals surface area contributed by atoms with Crippen LogP contribution in [0.4, 0.5) is 5.69 Å². The van der Waals surface area contributed by atoms with Gasteiger partial charge in [0.1, 0.15) is 0 Å². The highest BCUT2D eigenvalue weighted by molar-refractivity contribution is 8.00. The van der Waals surface area contributed by atoms with Crippen LogP contribution in [0.2, 0.25) is 0 Å². The largest absolute Gasteiger partial charge is 0.324 e. The molecular formula is C12H16N2OS2. The Balaban J connectivity index is 2.32. The Morgan fingerprint density at radius 3 is 2.94 bits per heavy atom. The van der Waals surface area contributed by atoms with E-state index < -0.39 is 0 Å². The zero-order chi connectivity index (χ0) is 12.4. The van der Waals surface area contributed by atoms with E-state index in [0.29, 0.717) is 5.75 Å². The third kappa shape index (κ3) is 2.78. The second kappa shape index (κ2) is 5.33. The third-order valence-corrected chi connectivity index (χ3v) is 4.24. The normalized spacial score (nSPS) is 16.6. The monoisotopic (exact) mass is 268 g/mol. The Bertz CT molecular complexity index is 435. The third-order valence-electron chi connectivity index (χ3n) is 2.82. The number of benzene rings is 1. The van der Waals surface area contributed by atoms with Gasteiger partial charge in [-0.1, -0.05) is 6.07 Å². The smallest absolute Gasteiger partial charge is 0.234 e. The minimum atomic E-state index is 0.0759. The molecule has 0 aliphatic carbocycles. The van der Waals surface area contributed by atoms with E-state index >= 15 is 0 Å². The molecule has 1 atom stereocenters. The highest BCUT2D eigenvalue weighted by atomic mass is 32.2. The SMILES string of the molecule is CN(C)C(CS)c1ccc2c(c1)NC(=O)CS2. The molecule has 1 unspecified atom stereocenters. The first kappa shape index (κ1) is 12.8. The average molecular weight is 268 g/mol. The maximum atomic E-state index is 11.4. The van der Waals surface area contributed by atoms with Crippen molar-refractivity contribution < 1.29 is 4.79 Å². The van der Waals surface area contributed by atoms with Gasteiger partial charge in [-0.3, -0.25) is 4.79 Å². The molecule has 3 nitrogen and oxygen atoms in total. The number of fused-ring (bicyclic) bond motifs is 1. The first-order valence-corrected chi connectivity index (χ1v) is 7.07. The molecule has 1 aliphatic heterocycles. The van der Waals surface area contributed by atoms with Crippen molar-refractivity contribution in [2.24, 2.45) is 0 Å². The molecule has 0 saturated heterocycles. The Morgan fingerprint density at radius 1 is 1.53 bits per heavy atom. The summed E-state index contributed by atoms with van der Waals surface area (Å²) in [6, 6.07) is 6.52. The minimum Gasteiger partial charge on any atom is -0.324 e. The molecule has 0 fully saturated rings. The molecule has 92 valence electrons. The number of rotatable bonds is 3. The van der Waals surface area contributed by atoms with Crippen LogP contribution >= 0.6 is 24.4 Å². The molecule has 0 aromatic heterocycles. The van der Waals surface area contributed by atoms with Crippen molar-refractivity contribution in [3.8, 4) is 0 Å². The molecule has 1 amide bonds. The number of carbonyl (C=O) groups excluding carboxylic acids is 1. The van der Waals surface area contributed by atoms with Gasteiger partial charge in [-0.2, -0.15) is 12.6 Å². The number of thiol groups is 1. The van der Waals surface area contributed by atoms with Gasteiger partial charge in [-0.15, -0.1) is 11.8 Å². The van der Waals surface area contributed by atoms with Crippen LogP contribution in [0.3, 0.4) is 0 Å². The fraction of sp³-hybridized carbons (Fsp3) is 0.417. The summed E-state index contributed by atoms with van der Waals surface area (Å²) in [6.45, 7) is 0. The number of nitrogens with zero attached hydrogens (tertiary/aromatic N) is 1. The number of amides is 1. The van der Waals surface area contributed by atoms with E-state index in [1.54, 1.807) is 11.8 Å². The minimum absolute atomic E-state index is 0.0759. The second-order valence-corrected chi connectivity index (χ2v) is 5.64. The second-order valence-electron chi connectivity index (χ2n) is 4.25. The molecule has 5 heteroatoms. The summed E-state index contributed by atoms with van der Waals surface area (Å²) in [6.07, 6.45) is 0. The number of nitrogens with one attached hydrogen (secondary N) is 1. The molecule has 2 rings (SSSR count). The number of anilines is 1. The summed E-state index contributed by atoms with van der Waals surface area (Å²) in [4.78, 5) is 14.6. The maximum Gasteiger partial charge on any atom is 0.234 e. The Labute approximate surface area is 111 Å². The molecule has 0 radical (unpaired) electrons. The Kier molecular flexibility index (Phi) is 4.01. The number of hydrogen-bond acceptors (Lipinski definition) is 4. The van der Waals surface area contributed by atoms with Crippen molar-refractivity contribution in [3.05, 3.63) is 23.8 Å². The molecule has 17 heavy (non-hydrogen) atoms. The quantitative estimate of drug-likeness (QED) is 0.825. The van der Waals surface area contributed by atoms with Crippen LogP contribution in [0.1, 0.15) is 11.6 Å². The van der Waals surface area contributed by atoms with Crippen LogP contribution < -0.4 is 5.32 Å². The van der Waals surface area contributed by atoms with Gasteiger partial charge in [0.2, 0.25) is 5.91 Å². The molecule has 0 spiro atoms.